The van der Waals surface area contributed by atoms with Crippen LogP contribution in [0.15, 0.2) is 98.6 Å². The molecule has 9 heteroatoms. The molecule has 3 aromatic rings. The lowest BCUT2D eigenvalue weighted by atomic mass is 10.1. The van der Waals surface area contributed by atoms with Crippen molar-refractivity contribution < 1.29 is 42.9 Å². The van der Waals surface area contributed by atoms with Gasteiger partial charge in [0.1, 0.15) is 11.5 Å². The average molecular weight is 514 g/mol. The molecule has 0 aliphatic heterocycles. The van der Waals surface area contributed by atoms with Gasteiger partial charge >= 0.3 is 23.9 Å². The number of carbonyl (C=O) groups is 4. The Morgan fingerprint density at radius 1 is 0.605 bits per heavy atom. The van der Waals surface area contributed by atoms with E-state index in [0.717, 1.165) is 47.2 Å². The Hall–Kier alpha value is -5.44. The first-order chi connectivity index (χ1) is 18.3. The van der Waals surface area contributed by atoms with Gasteiger partial charge in [-0.25, -0.2) is 19.2 Å². The Kier molecular flexibility index (Phi) is 8.93. The number of methoxy groups -OCH3 is 1. The summed E-state index contributed by atoms with van der Waals surface area (Å²) in [6, 6.07) is 16.3. The van der Waals surface area contributed by atoms with Crippen LogP contribution in [-0.2, 0) is 14.4 Å². The number of benzene rings is 3. The second-order valence-corrected chi connectivity index (χ2v) is 7.32. The predicted molar refractivity (Wildman–Crippen MR) is 137 cm³/mol. The summed E-state index contributed by atoms with van der Waals surface area (Å²) >= 11 is 0. The van der Waals surface area contributed by atoms with Crippen LogP contribution in [-0.4, -0.2) is 31.0 Å². The van der Waals surface area contributed by atoms with Crippen molar-refractivity contribution in [3.8, 4) is 39.9 Å². The zero-order valence-electron chi connectivity index (χ0n) is 20.3. The highest BCUT2D eigenvalue weighted by Gasteiger charge is 2.24. The van der Waals surface area contributed by atoms with Gasteiger partial charge in [0.15, 0.2) is 11.5 Å². The fourth-order valence-corrected chi connectivity index (χ4v) is 3.05. The topological polar surface area (TPSA) is 114 Å². The maximum atomic E-state index is 13.0. The van der Waals surface area contributed by atoms with Crippen LogP contribution >= 0.6 is 0 Å². The third kappa shape index (κ3) is 6.82. The fraction of sp³-hybridized carbons (Fsp3) is 0.0345. The van der Waals surface area contributed by atoms with Gasteiger partial charge in [0.2, 0.25) is 5.75 Å². The van der Waals surface area contributed by atoms with E-state index in [2.05, 4.69) is 19.7 Å². The molecule has 0 fully saturated rings. The van der Waals surface area contributed by atoms with E-state index in [1.54, 1.807) is 31.4 Å². The van der Waals surface area contributed by atoms with Crippen molar-refractivity contribution in [2.24, 2.45) is 0 Å². The normalized spacial score (nSPS) is 9.92. The zero-order valence-corrected chi connectivity index (χ0v) is 20.3. The highest BCUT2D eigenvalue weighted by atomic mass is 16.6. The molecule has 0 aliphatic carbocycles. The number of rotatable bonds is 10. The van der Waals surface area contributed by atoms with E-state index >= 15 is 0 Å². The van der Waals surface area contributed by atoms with Crippen molar-refractivity contribution in [2.45, 2.75) is 0 Å². The first-order valence-corrected chi connectivity index (χ1v) is 11.0. The summed E-state index contributed by atoms with van der Waals surface area (Å²) in [5, 5.41) is 0. The molecule has 0 amide bonds. The lowest BCUT2D eigenvalue weighted by Gasteiger charge is -2.15. The van der Waals surface area contributed by atoms with Crippen molar-refractivity contribution in [1.29, 1.82) is 0 Å². The summed E-state index contributed by atoms with van der Waals surface area (Å²) in [6.45, 7) is 9.90. The minimum atomic E-state index is -0.941. The molecule has 0 saturated heterocycles. The van der Waals surface area contributed by atoms with Crippen LogP contribution in [0.5, 0.6) is 28.7 Å². The summed E-state index contributed by atoms with van der Waals surface area (Å²) in [6.07, 6.45) is 2.55. The van der Waals surface area contributed by atoms with Crippen LogP contribution in [0.4, 0.5) is 0 Å². The van der Waals surface area contributed by atoms with Crippen molar-refractivity contribution in [3.63, 3.8) is 0 Å². The van der Waals surface area contributed by atoms with Crippen LogP contribution in [0.1, 0.15) is 10.4 Å². The zero-order chi connectivity index (χ0) is 27.7. The van der Waals surface area contributed by atoms with Gasteiger partial charge in [-0.2, -0.15) is 0 Å². The van der Waals surface area contributed by atoms with E-state index in [-0.39, 0.29) is 11.3 Å². The molecule has 0 N–H and O–H groups in total. The summed E-state index contributed by atoms with van der Waals surface area (Å²) in [5.41, 5.74) is 1.62. The number of carbonyl (C=O) groups excluding carboxylic acids is 4. The first-order valence-electron chi connectivity index (χ1n) is 11.0. The van der Waals surface area contributed by atoms with Crippen molar-refractivity contribution in [3.05, 3.63) is 104 Å². The van der Waals surface area contributed by atoms with E-state index in [0.29, 0.717) is 0 Å². The molecule has 38 heavy (non-hydrogen) atoms. The molecule has 3 aromatic carbocycles. The largest absolute Gasteiger partial charge is 0.497 e. The van der Waals surface area contributed by atoms with Crippen LogP contribution in [0.3, 0.4) is 0 Å². The van der Waals surface area contributed by atoms with Gasteiger partial charge in [-0.1, -0.05) is 44.0 Å². The van der Waals surface area contributed by atoms with E-state index in [9.17, 15) is 19.2 Å². The molecule has 3 rings (SSSR count). The standard InChI is InChI=1S/C29H22O9/c1-5-25(30)36-23-16-20(17-24(37-26(31)6-2)28(23)38-27(32)7-3)29(33)35-22-14-10-19(11-15-22)18-8-12-21(34-4)13-9-18/h5-17H,1-3H2,4H3. The maximum Gasteiger partial charge on any atom is 0.343 e. The molecule has 0 spiro atoms. The molecule has 9 nitrogen and oxygen atoms in total. The summed E-state index contributed by atoms with van der Waals surface area (Å²) in [5.74, 6) is -3.99. The molecular formula is C29H22O9. The van der Waals surface area contributed by atoms with Crippen molar-refractivity contribution in [2.75, 3.05) is 7.11 Å². The quantitative estimate of drug-likeness (QED) is 0.213. The number of hydrogen-bond acceptors (Lipinski definition) is 9. The van der Waals surface area contributed by atoms with Crippen LogP contribution in [0.25, 0.3) is 11.1 Å². The molecule has 0 unspecified atom stereocenters. The van der Waals surface area contributed by atoms with E-state index in [4.69, 9.17) is 23.7 Å². The predicted octanol–water partition coefficient (Wildman–Crippen LogP) is 4.86. The molecule has 0 atom stereocenters. The minimum Gasteiger partial charge on any atom is -0.497 e. The highest BCUT2D eigenvalue weighted by Crippen LogP contribution is 2.40. The van der Waals surface area contributed by atoms with Gasteiger partial charge in [-0.3, -0.25) is 0 Å². The number of esters is 4. The Labute approximate surface area is 218 Å². The lowest BCUT2D eigenvalue weighted by molar-refractivity contribution is -0.132. The monoisotopic (exact) mass is 514 g/mol. The van der Waals surface area contributed by atoms with Gasteiger partial charge in [-0.05, 0) is 47.5 Å². The maximum absolute atomic E-state index is 13.0. The molecule has 0 heterocycles. The van der Waals surface area contributed by atoms with E-state index in [1.807, 2.05) is 24.3 Å². The van der Waals surface area contributed by atoms with E-state index < -0.39 is 41.1 Å². The third-order valence-electron chi connectivity index (χ3n) is 4.87. The second-order valence-electron chi connectivity index (χ2n) is 7.32. The Bertz CT molecular complexity index is 1360. The molecule has 0 aliphatic rings. The van der Waals surface area contributed by atoms with E-state index in [1.165, 1.54) is 0 Å². The van der Waals surface area contributed by atoms with Gasteiger partial charge in [-0.15, -0.1) is 0 Å². The summed E-state index contributed by atoms with van der Waals surface area (Å²) in [7, 11) is 1.58. The minimum absolute atomic E-state index is 0.179. The summed E-state index contributed by atoms with van der Waals surface area (Å²) < 4.78 is 25.9. The van der Waals surface area contributed by atoms with Gasteiger partial charge in [0.05, 0.1) is 12.7 Å². The Balaban J connectivity index is 1.94. The molecule has 0 aromatic heterocycles. The van der Waals surface area contributed by atoms with Crippen LogP contribution < -0.4 is 23.7 Å². The first kappa shape index (κ1) is 27.2. The van der Waals surface area contributed by atoms with Crippen molar-refractivity contribution in [1.82, 2.24) is 0 Å². The fourth-order valence-electron chi connectivity index (χ4n) is 3.05. The second kappa shape index (κ2) is 12.5. The average Bonchev–Trinajstić information content (AvgIpc) is 2.94. The van der Waals surface area contributed by atoms with Gasteiger partial charge in [0.25, 0.3) is 0 Å². The smallest absolute Gasteiger partial charge is 0.343 e. The summed E-state index contributed by atoms with van der Waals surface area (Å²) in [4.78, 5) is 48.6. The van der Waals surface area contributed by atoms with Crippen molar-refractivity contribution >= 4 is 23.9 Å². The molecule has 0 radical (unpaired) electrons. The van der Waals surface area contributed by atoms with Crippen LogP contribution in [0, 0.1) is 0 Å². The molecular weight excluding hydrogens is 492 g/mol. The molecule has 0 bridgehead atoms. The third-order valence-corrected chi connectivity index (χ3v) is 4.87. The number of ether oxygens (including phenoxy) is 5. The molecule has 192 valence electrons. The Morgan fingerprint density at radius 2 is 1.03 bits per heavy atom. The number of hydrogen-bond donors (Lipinski definition) is 0. The van der Waals surface area contributed by atoms with Gasteiger partial charge < -0.3 is 23.7 Å². The lowest BCUT2D eigenvalue weighted by Crippen LogP contribution is -2.14. The SMILES string of the molecule is C=CC(=O)Oc1cc(C(=O)Oc2ccc(-c3ccc(OC)cc3)cc2)cc(OC(=O)C=C)c1OC(=O)C=C. The molecule has 0 saturated carbocycles. The highest BCUT2D eigenvalue weighted by molar-refractivity contribution is 5.95. The Morgan fingerprint density at radius 3 is 1.45 bits per heavy atom. The van der Waals surface area contributed by atoms with Gasteiger partial charge in [0, 0.05) is 18.2 Å². The van der Waals surface area contributed by atoms with Crippen LogP contribution in [0.2, 0.25) is 0 Å².